The van der Waals surface area contributed by atoms with Gasteiger partial charge in [0, 0.05) is 44.3 Å². The second-order valence-corrected chi connectivity index (χ2v) is 8.15. The minimum Gasteiger partial charge on any atom is -0.338 e. The van der Waals surface area contributed by atoms with Crippen LogP contribution in [-0.4, -0.2) is 79.0 Å². The molecule has 7 heteroatoms. The van der Waals surface area contributed by atoms with E-state index in [0.29, 0.717) is 44.3 Å². The number of carbonyl (C=O) groups is 2. The van der Waals surface area contributed by atoms with Crippen LogP contribution in [0.25, 0.3) is 0 Å². The monoisotopic (exact) mass is 404 g/mol. The van der Waals surface area contributed by atoms with E-state index in [1.54, 1.807) is 15.9 Å². The first kappa shape index (κ1) is 21.6. The fourth-order valence-electron chi connectivity index (χ4n) is 4.26. The highest BCUT2D eigenvalue weighted by molar-refractivity contribution is 5.94. The number of nitrogens with zero attached hydrogens (tertiary/aromatic N) is 3. The zero-order chi connectivity index (χ0) is 20.6. The predicted octanol–water partition coefficient (Wildman–Crippen LogP) is 2.95. The average molecular weight is 405 g/mol. The third kappa shape index (κ3) is 6.16. The normalized spacial score (nSPS) is 18.2. The van der Waals surface area contributed by atoms with Gasteiger partial charge >= 0.3 is 6.03 Å². The van der Waals surface area contributed by atoms with Gasteiger partial charge in [-0.2, -0.15) is 0 Å². The summed E-state index contributed by atoms with van der Waals surface area (Å²) in [5.41, 5.74) is 0.352. The molecule has 29 heavy (non-hydrogen) atoms. The van der Waals surface area contributed by atoms with Gasteiger partial charge < -0.3 is 20.0 Å². The highest BCUT2D eigenvalue weighted by Crippen LogP contribution is 2.21. The van der Waals surface area contributed by atoms with Gasteiger partial charge in [-0.25, -0.2) is 9.18 Å². The van der Waals surface area contributed by atoms with Gasteiger partial charge in [0.25, 0.3) is 5.91 Å². The summed E-state index contributed by atoms with van der Waals surface area (Å²) in [5, 5.41) is 3.00. The summed E-state index contributed by atoms with van der Waals surface area (Å²) in [4.78, 5) is 30.7. The Morgan fingerprint density at radius 3 is 2.48 bits per heavy atom. The molecule has 1 saturated heterocycles. The van der Waals surface area contributed by atoms with Crippen LogP contribution >= 0.6 is 0 Å². The Balaban J connectivity index is 1.34. The lowest BCUT2D eigenvalue weighted by atomic mass is 9.94. The van der Waals surface area contributed by atoms with Crippen molar-refractivity contribution < 1.29 is 14.0 Å². The molecule has 1 aromatic carbocycles. The number of carbonyl (C=O) groups excluding carboxylic acids is 2. The number of piperazine rings is 1. The molecule has 0 aromatic heterocycles. The maximum absolute atomic E-state index is 13.3. The van der Waals surface area contributed by atoms with Crippen LogP contribution in [0.5, 0.6) is 0 Å². The topological polar surface area (TPSA) is 55.9 Å². The first-order valence-corrected chi connectivity index (χ1v) is 10.8. The first-order chi connectivity index (χ1) is 14.0. The zero-order valence-corrected chi connectivity index (χ0v) is 17.4. The molecule has 0 spiro atoms. The summed E-state index contributed by atoms with van der Waals surface area (Å²) in [6.45, 7) is 3.59. The molecular weight excluding hydrogens is 371 g/mol. The maximum Gasteiger partial charge on any atom is 0.317 e. The molecule has 1 aliphatic carbocycles. The first-order valence-electron chi connectivity index (χ1n) is 10.8. The second kappa shape index (κ2) is 10.6. The summed E-state index contributed by atoms with van der Waals surface area (Å²) in [5.74, 6) is -0.599. The van der Waals surface area contributed by atoms with Gasteiger partial charge in [0.15, 0.2) is 0 Å². The molecule has 160 valence electrons. The third-order valence-electron chi connectivity index (χ3n) is 6.09. The van der Waals surface area contributed by atoms with Gasteiger partial charge in [0.1, 0.15) is 5.82 Å². The summed E-state index contributed by atoms with van der Waals surface area (Å²) >= 11 is 0. The molecule has 2 fully saturated rings. The molecule has 3 amide bonds. The lowest BCUT2D eigenvalue weighted by Crippen LogP contribution is -2.53. The number of urea groups is 1. The van der Waals surface area contributed by atoms with E-state index in [2.05, 4.69) is 17.3 Å². The van der Waals surface area contributed by atoms with E-state index in [4.69, 9.17) is 0 Å². The van der Waals surface area contributed by atoms with Gasteiger partial charge in [-0.15, -0.1) is 0 Å². The molecule has 0 atom stereocenters. The van der Waals surface area contributed by atoms with Crippen LogP contribution in [0, 0.1) is 5.82 Å². The fourth-order valence-corrected chi connectivity index (χ4v) is 4.26. The minimum atomic E-state index is -0.414. The van der Waals surface area contributed by atoms with E-state index >= 15 is 0 Å². The molecule has 0 unspecified atom stereocenters. The van der Waals surface area contributed by atoms with Crippen LogP contribution in [0.3, 0.4) is 0 Å². The standard InChI is InChI=1S/C22H33FN4O2/c1-25(20-9-3-2-4-10-20)12-6-11-24-22(29)27-15-13-26(14-16-27)21(28)18-7-5-8-19(23)17-18/h5,7-8,17,20H,2-4,6,9-16H2,1H3,(H,24,29). The largest absolute Gasteiger partial charge is 0.338 e. The highest BCUT2D eigenvalue weighted by atomic mass is 19.1. The highest BCUT2D eigenvalue weighted by Gasteiger charge is 2.25. The van der Waals surface area contributed by atoms with Crippen molar-refractivity contribution in [1.29, 1.82) is 0 Å². The van der Waals surface area contributed by atoms with E-state index in [0.717, 1.165) is 13.0 Å². The van der Waals surface area contributed by atoms with Gasteiger partial charge in [-0.3, -0.25) is 4.79 Å². The maximum atomic E-state index is 13.3. The average Bonchev–Trinajstić information content (AvgIpc) is 2.76. The molecule has 1 aromatic rings. The number of halogens is 1. The van der Waals surface area contributed by atoms with Crippen LogP contribution < -0.4 is 5.32 Å². The molecule has 1 aliphatic heterocycles. The fraction of sp³-hybridized carbons (Fsp3) is 0.636. The molecule has 0 bridgehead atoms. The Hall–Kier alpha value is -2.15. The van der Waals surface area contributed by atoms with Crippen molar-refractivity contribution in [1.82, 2.24) is 20.0 Å². The number of hydrogen-bond donors (Lipinski definition) is 1. The van der Waals surface area contributed by atoms with Gasteiger partial charge in [0.05, 0.1) is 0 Å². The predicted molar refractivity (Wildman–Crippen MR) is 111 cm³/mol. The van der Waals surface area contributed by atoms with Gasteiger partial charge in [-0.05, 0) is 51.1 Å². The second-order valence-electron chi connectivity index (χ2n) is 8.15. The zero-order valence-electron chi connectivity index (χ0n) is 17.4. The summed E-state index contributed by atoms with van der Waals surface area (Å²) in [7, 11) is 2.19. The van der Waals surface area contributed by atoms with Crippen LogP contribution in [-0.2, 0) is 0 Å². The van der Waals surface area contributed by atoms with Gasteiger partial charge in [0.2, 0.25) is 0 Å². The van der Waals surface area contributed by atoms with Crippen LogP contribution in [0.1, 0.15) is 48.9 Å². The number of benzene rings is 1. The van der Waals surface area contributed by atoms with Crippen molar-refractivity contribution in [3.05, 3.63) is 35.6 Å². The van der Waals surface area contributed by atoms with E-state index in [1.807, 2.05) is 0 Å². The Morgan fingerprint density at radius 1 is 1.10 bits per heavy atom. The van der Waals surface area contributed by atoms with E-state index in [1.165, 1.54) is 50.3 Å². The van der Waals surface area contributed by atoms with Crippen LogP contribution in [0.15, 0.2) is 24.3 Å². The van der Waals surface area contributed by atoms with E-state index in [-0.39, 0.29) is 11.9 Å². The summed E-state index contributed by atoms with van der Waals surface area (Å²) in [6.07, 6.45) is 7.56. The Kier molecular flexibility index (Phi) is 7.86. The number of rotatable bonds is 6. The van der Waals surface area contributed by atoms with Crippen molar-refractivity contribution in [2.45, 2.75) is 44.6 Å². The van der Waals surface area contributed by atoms with E-state index < -0.39 is 5.82 Å². The third-order valence-corrected chi connectivity index (χ3v) is 6.09. The quantitative estimate of drug-likeness (QED) is 0.742. The lowest BCUT2D eigenvalue weighted by molar-refractivity contribution is 0.0664. The SMILES string of the molecule is CN(CCCNC(=O)N1CCN(C(=O)c2cccc(F)c2)CC1)C1CCCCC1. The number of hydrogen-bond acceptors (Lipinski definition) is 3. The van der Waals surface area contributed by atoms with Gasteiger partial charge in [-0.1, -0.05) is 25.3 Å². The van der Waals surface area contributed by atoms with Crippen molar-refractivity contribution in [2.75, 3.05) is 46.3 Å². The van der Waals surface area contributed by atoms with Crippen LogP contribution in [0.4, 0.5) is 9.18 Å². The van der Waals surface area contributed by atoms with Crippen molar-refractivity contribution >= 4 is 11.9 Å². The Bertz CT molecular complexity index is 685. The molecule has 2 aliphatic rings. The minimum absolute atomic E-state index is 0.0665. The molecule has 1 saturated carbocycles. The molecule has 3 rings (SSSR count). The summed E-state index contributed by atoms with van der Waals surface area (Å²) < 4.78 is 13.3. The molecule has 1 N–H and O–H groups in total. The molecule has 6 nitrogen and oxygen atoms in total. The smallest absolute Gasteiger partial charge is 0.317 e. The van der Waals surface area contributed by atoms with Crippen molar-refractivity contribution in [3.8, 4) is 0 Å². The molecular formula is C22H33FN4O2. The summed E-state index contributed by atoms with van der Waals surface area (Å²) in [6, 6.07) is 6.37. The number of amides is 3. The Labute approximate surface area is 173 Å². The molecule has 1 heterocycles. The van der Waals surface area contributed by atoms with Crippen LogP contribution in [0.2, 0.25) is 0 Å². The molecule has 0 radical (unpaired) electrons. The Morgan fingerprint density at radius 2 is 1.79 bits per heavy atom. The number of nitrogens with one attached hydrogen (secondary N) is 1. The van der Waals surface area contributed by atoms with E-state index in [9.17, 15) is 14.0 Å². The lowest BCUT2D eigenvalue weighted by Gasteiger charge is -2.35. The van der Waals surface area contributed by atoms with Crippen molar-refractivity contribution in [2.24, 2.45) is 0 Å². The van der Waals surface area contributed by atoms with Crippen molar-refractivity contribution in [3.63, 3.8) is 0 Å².